The number of nitrogens with one attached hydrogen (secondary N) is 1. The number of rotatable bonds is 2. The molecule has 0 aromatic carbocycles. The van der Waals surface area contributed by atoms with Crippen LogP contribution in [-0.4, -0.2) is 15.7 Å². The molecule has 1 fully saturated rings. The average molecular weight is 179 g/mol. The Labute approximate surface area is 76.9 Å². The Morgan fingerprint density at radius 2 is 2.38 bits per heavy atom. The van der Waals surface area contributed by atoms with Crippen LogP contribution in [0.5, 0.6) is 0 Å². The van der Waals surface area contributed by atoms with Crippen LogP contribution < -0.4 is 5.32 Å². The van der Waals surface area contributed by atoms with E-state index < -0.39 is 0 Å². The number of nitrogens with zero attached hydrogens (tertiary/aromatic N) is 2. The average Bonchev–Trinajstić information content (AvgIpc) is 2.89. The number of aryl methyl sites for hydroxylation is 1. The molecule has 0 aliphatic heterocycles. The summed E-state index contributed by atoms with van der Waals surface area (Å²) >= 11 is 0. The van der Waals surface area contributed by atoms with Crippen LogP contribution in [0.3, 0.4) is 0 Å². The molecule has 1 aliphatic carbocycles. The van der Waals surface area contributed by atoms with Gasteiger partial charge in [0, 0.05) is 13.0 Å². The van der Waals surface area contributed by atoms with E-state index in [0.29, 0.717) is 0 Å². The second kappa shape index (κ2) is 2.87. The highest BCUT2D eigenvalue weighted by Gasteiger charge is 2.30. The fourth-order valence-corrected chi connectivity index (χ4v) is 1.20. The van der Waals surface area contributed by atoms with E-state index in [0.717, 1.165) is 24.2 Å². The zero-order valence-electron chi connectivity index (χ0n) is 7.87. The molecule has 13 heavy (non-hydrogen) atoms. The lowest BCUT2D eigenvalue weighted by Gasteiger charge is -2.02. The van der Waals surface area contributed by atoms with Gasteiger partial charge < -0.3 is 5.32 Å². The van der Waals surface area contributed by atoms with Crippen molar-refractivity contribution in [2.24, 2.45) is 13.0 Å². The molecule has 1 aliphatic rings. The van der Waals surface area contributed by atoms with E-state index in [-0.39, 0.29) is 11.8 Å². The summed E-state index contributed by atoms with van der Waals surface area (Å²) in [5, 5.41) is 6.92. The van der Waals surface area contributed by atoms with Gasteiger partial charge in [-0.05, 0) is 19.8 Å². The summed E-state index contributed by atoms with van der Waals surface area (Å²) < 4.78 is 1.75. The molecular weight excluding hydrogens is 166 g/mol. The van der Waals surface area contributed by atoms with Crippen LogP contribution in [0.15, 0.2) is 6.20 Å². The second-order valence-corrected chi connectivity index (χ2v) is 3.53. The maximum absolute atomic E-state index is 11.4. The smallest absolute Gasteiger partial charge is 0.227 e. The minimum Gasteiger partial charge on any atom is -0.323 e. The van der Waals surface area contributed by atoms with Gasteiger partial charge in [-0.2, -0.15) is 5.10 Å². The maximum atomic E-state index is 11.4. The van der Waals surface area contributed by atoms with Crippen LogP contribution in [0.1, 0.15) is 18.5 Å². The molecule has 1 heterocycles. The van der Waals surface area contributed by atoms with E-state index in [9.17, 15) is 4.79 Å². The summed E-state index contributed by atoms with van der Waals surface area (Å²) in [6.45, 7) is 1.94. The largest absolute Gasteiger partial charge is 0.323 e. The third-order valence-electron chi connectivity index (χ3n) is 2.44. The van der Waals surface area contributed by atoms with Crippen molar-refractivity contribution in [2.45, 2.75) is 19.8 Å². The van der Waals surface area contributed by atoms with E-state index in [4.69, 9.17) is 0 Å². The lowest BCUT2D eigenvalue weighted by atomic mass is 10.3. The first-order valence-electron chi connectivity index (χ1n) is 4.48. The van der Waals surface area contributed by atoms with Crippen LogP contribution >= 0.6 is 0 Å². The molecule has 0 spiro atoms. The van der Waals surface area contributed by atoms with Crippen molar-refractivity contribution in [3.05, 3.63) is 11.9 Å². The summed E-state index contributed by atoms with van der Waals surface area (Å²) in [6, 6.07) is 0. The van der Waals surface area contributed by atoms with E-state index in [1.807, 2.05) is 14.0 Å². The first-order chi connectivity index (χ1) is 6.18. The van der Waals surface area contributed by atoms with Crippen molar-refractivity contribution in [1.29, 1.82) is 0 Å². The Bertz CT molecular complexity index is 339. The highest BCUT2D eigenvalue weighted by atomic mass is 16.2. The predicted molar refractivity (Wildman–Crippen MR) is 49.3 cm³/mol. The minimum absolute atomic E-state index is 0.135. The third kappa shape index (κ3) is 1.56. The normalized spacial score (nSPS) is 15.8. The van der Waals surface area contributed by atoms with Gasteiger partial charge in [0.05, 0.1) is 17.6 Å². The van der Waals surface area contributed by atoms with Crippen molar-refractivity contribution in [3.8, 4) is 0 Å². The van der Waals surface area contributed by atoms with Gasteiger partial charge in [-0.15, -0.1) is 0 Å². The SMILES string of the molecule is Cc1c(NC(=O)C2CC2)cnn1C. The van der Waals surface area contributed by atoms with E-state index in [1.54, 1.807) is 10.9 Å². The second-order valence-electron chi connectivity index (χ2n) is 3.53. The number of hydrogen-bond donors (Lipinski definition) is 1. The van der Waals surface area contributed by atoms with Crippen molar-refractivity contribution in [1.82, 2.24) is 9.78 Å². The molecule has 0 atom stereocenters. The lowest BCUT2D eigenvalue weighted by molar-refractivity contribution is -0.117. The Morgan fingerprint density at radius 1 is 1.69 bits per heavy atom. The van der Waals surface area contributed by atoms with E-state index in [1.165, 1.54) is 0 Å². The molecular formula is C9H13N3O. The van der Waals surface area contributed by atoms with Crippen LogP contribution in [0.25, 0.3) is 0 Å². The van der Waals surface area contributed by atoms with E-state index >= 15 is 0 Å². The molecule has 1 aromatic rings. The first-order valence-corrected chi connectivity index (χ1v) is 4.48. The fraction of sp³-hybridized carbons (Fsp3) is 0.556. The van der Waals surface area contributed by atoms with Crippen LogP contribution in [0, 0.1) is 12.8 Å². The molecule has 0 radical (unpaired) electrons. The number of hydrogen-bond acceptors (Lipinski definition) is 2. The molecule has 1 saturated carbocycles. The summed E-state index contributed by atoms with van der Waals surface area (Å²) in [6.07, 6.45) is 3.76. The van der Waals surface area contributed by atoms with Crippen molar-refractivity contribution >= 4 is 11.6 Å². The Balaban J connectivity index is 2.08. The third-order valence-corrected chi connectivity index (χ3v) is 2.44. The van der Waals surface area contributed by atoms with Gasteiger partial charge in [-0.1, -0.05) is 0 Å². The molecule has 0 unspecified atom stereocenters. The highest BCUT2D eigenvalue weighted by molar-refractivity contribution is 5.94. The molecule has 1 aromatic heterocycles. The highest BCUT2D eigenvalue weighted by Crippen LogP contribution is 2.30. The standard InChI is InChI=1S/C9H13N3O/c1-6-8(5-10-12(6)2)11-9(13)7-3-4-7/h5,7H,3-4H2,1-2H3,(H,11,13). The van der Waals surface area contributed by atoms with Gasteiger partial charge >= 0.3 is 0 Å². The monoisotopic (exact) mass is 179 g/mol. The van der Waals surface area contributed by atoms with Crippen LogP contribution in [-0.2, 0) is 11.8 Å². The molecule has 4 nitrogen and oxygen atoms in total. The number of carbonyl (C=O) groups is 1. The maximum Gasteiger partial charge on any atom is 0.227 e. The first kappa shape index (κ1) is 8.29. The fourth-order valence-electron chi connectivity index (χ4n) is 1.20. The molecule has 0 bridgehead atoms. The molecule has 4 heteroatoms. The van der Waals surface area contributed by atoms with Gasteiger partial charge in [0.1, 0.15) is 0 Å². The van der Waals surface area contributed by atoms with Gasteiger partial charge in [0.2, 0.25) is 5.91 Å². The number of anilines is 1. The lowest BCUT2D eigenvalue weighted by Crippen LogP contribution is -2.13. The summed E-state index contributed by atoms with van der Waals surface area (Å²) in [5.41, 5.74) is 1.83. The Kier molecular flexibility index (Phi) is 1.83. The summed E-state index contributed by atoms with van der Waals surface area (Å²) in [4.78, 5) is 11.4. The number of aromatic nitrogens is 2. The quantitative estimate of drug-likeness (QED) is 0.738. The molecule has 70 valence electrons. The number of carbonyl (C=O) groups excluding carboxylic acids is 1. The van der Waals surface area contributed by atoms with Gasteiger partial charge in [-0.25, -0.2) is 0 Å². The topological polar surface area (TPSA) is 46.9 Å². The van der Waals surface area contributed by atoms with Crippen molar-refractivity contribution in [3.63, 3.8) is 0 Å². The molecule has 1 amide bonds. The van der Waals surface area contributed by atoms with Crippen LogP contribution in [0.2, 0.25) is 0 Å². The van der Waals surface area contributed by atoms with Crippen molar-refractivity contribution < 1.29 is 4.79 Å². The summed E-state index contributed by atoms with van der Waals surface area (Å²) in [5.74, 6) is 0.385. The molecule has 2 rings (SSSR count). The van der Waals surface area contributed by atoms with Gasteiger partial charge in [-0.3, -0.25) is 9.48 Å². The Hall–Kier alpha value is -1.32. The molecule has 0 saturated heterocycles. The zero-order chi connectivity index (χ0) is 9.42. The predicted octanol–water partition coefficient (Wildman–Crippen LogP) is 1.08. The van der Waals surface area contributed by atoms with Gasteiger partial charge in [0.25, 0.3) is 0 Å². The van der Waals surface area contributed by atoms with Crippen LogP contribution in [0.4, 0.5) is 5.69 Å². The minimum atomic E-state index is 0.135. The van der Waals surface area contributed by atoms with Gasteiger partial charge in [0.15, 0.2) is 0 Å². The number of amides is 1. The summed E-state index contributed by atoms with van der Waals surface area (Å²) in [7, 11) is 1.86. The Morgan fingerprint density at radius 3 is 2.85 bits per heavy atom. The van der Waals surface area contributed by atoms with E-state index in [2.05, 4.69) is 10.4 Å². The zero-order valence-corrected chi connectivity index (χ0v) is 7.87. The van der Waals surface area contributed by atoms with Crippen molar-refractivity contribution in [2.75, 3.05) is 5.32 Å². The molecule has 1 N–H and O–H groups in total.